The van der Waals surface area contributed by atoms with Gasteiger partial charge in [-0.3, -0.25) is 0 Å². The van der Waals surface area contributed by atoms with Crippen molar-refractivity contribution < 1.29 is 0 Å². The summed E-state index contributed by atoms with van der Waals surface area (Å²) in [6, 6.07) is 0. The first kappa shape index (κ1) is 8.79. The predicted octanol–water partition coefficient (Wildman–Crippen LogP) is 3.33. The van der Waals surface area contributed by atoms with Gasteiger partial charge in [-0.15, -0.1) is 11.8 Å². The summed E-state index contributed by atoms with van der Waals surface area (Å²) in [5, 5.41) is 0. The van der Waals surface area contributed by atoms with Crippen LogP contribution >= 0.6 is 24.4 Å². The van der Waals surface area contributed by atoms with Gasteiger partial charge in [-0.2, -0.15) is 12.6 Å². The van der Waals surface area contributed by atoms with Crippen molar-refractivity contribution in [3.63, 3.8) is 0 Å². The average molecular weight is 176 g/mol. The molecule has 1 rings (SSSR count). The van der Waals surface area contributed by atoms with Crippen molar-refractivity contribution in [3.8, 4) is 0 Å². The second kappa shape index (κ2) is 3.91. The highest BCUT2D eigenvalue weighted by atomic mass is 32.2. The molecular formula is C8H16S2. The Kier molecular flexibility index (Phi) is 3.44. The van der Waals surface area contributed by atoms with E-state index < -0.39 is 0 Å². The molecule has 60 valence electrons. The van der Waals surface area contributed by atoms with E-state index in [0.717, 1.165) is 0 Å². The molecular weight excluding hydrogens is 160 g/mol. The Hall–Kier alpha value is 0.700. The van der Waals surface area contributed by atoms with E-state index >= 15 is 0 Å². The summed E-state index contributed by atoms with van der Waals surface area (Å²) in [7, 11) is 0. The Labute approximate surface area is 73.6 Å². The summed E-state index contributed by atoms with van der Waals surface area (Å²) in [6.45, 7) is 2.22. The van der Waals surface area contributed by atoms with Crippen LogP contribution in [0.4, 0.5) is 0 Å². The Morgan fingerprint density at radius 2 is 1.90 bits per heavy atom. The quantitative estimate of drug-likeness (QED) is 0.497. The van der Waals surface area contributed by atoms with Crippen LogP contribution in [0.3, 0.4) is 0 Å². The fourth-order valence-electron chi connectivity index (χ4n) is 1.52. The van der Waals surface area contributed by atoms with E-state index in [2.05, 4.69) is 6.92 Å². The maximum Gasteiger partial charge on any atom is 0.0581 e. The lowest BCUT2D eigenvalue weighted by Gasteiger charge is -2.31. The zero-order chi connectivity index (χ0) is 7.45. The van der Waals surface area contributed by atoms with Crippen LogP contribution in [0.25, 0.3) is 0 Å². The third-order valence-electron chi connectivity index (χ3n) is 2.05. The van der Waals surface area contributed by atoms with Gasteiger partial charge in [0, 0.05) is 0 Å². The van der Waals surface area contributed by atoms with Gasteiger partial charge >= 0.3 is 0 Å². The molecule has 0 saturated heterocycles. The molecule has 1 aliphatic rings. The minimum atomic E-state index is 0.340. The van der Waals surface area contributed by atoms with Crippen LogP contribution in [0, 0.1) is 0 Å². The summed E-state index contributed by atoms with van der Waals surface area (Å²) in [5.41, 5.74) is 0. The van der Waals surface area contributed by atoms with Crippen LogP contribution < -0.4 is 0 Å². The second-order valence-corrected chi connectivity index (χ2v) is 5.75. The van der Waals surface area contributed by atoms with Crippen LogP contribution in [0.5, 0.6) is 0 Å². The highest BCUT2D eigenvalue weighted by Crippen LogP contribution is 2.42. The van der Waals surface area contributed by atoms with Gasteiger partial charge in [-0.1, -0.05) is 26.2 Å². The topological polar surface area (TPSA) is 0 Å². The molecule has 0 atom stereocenters. The molecule has 1 aliphatic carbocycles. The normalized spacial score (nSPS) is 24.6. The summed E-state index contributed by atoms with van der Waals surface area (Å²) in [6.07, 6.45) is 6.82. The van der Waals surface area contributed by atoms with E-state index in [4.69, 9.17) is 12.6 Å². The van der Waals surface area contributed by atoms with Crippen molar-refractivity contribution in [3.05, 3.63) is 0 Å². The van der Waals surface area contributed by atoms with Gasteiger partial charge in [0.05, 0.1) is 4.08 Å². The van der Waals surface area contributed by atoms with Gasteiger partial charge < -0.3 is 0 Å². The van der Waals surface area contributed by atoms with Gasteiger partial charge in [-0.05, 0) is 18.6 Å². The Bertz CT molecular complexity index is 89.9. The molecule has 1 saturated carbocycles. The Morgan fingerprint density at radius 3 is 2.40 bits per heavy atom. The largest absolute Gasteiger partial charge is 0.162 e. The molecule has 0 bridgehead atoms. The molecule has 0 amide bonds. The van der Waals surface area contributed by atoms with Crippen LogP contribution in [-0.4, -0.2) is 9.83 Å². The van der Waals surface area contributed by atoms with E-state index in [1.807, 2.05) is 11.8 Å². The van der Waals surface area contributed by atoms with Gasteiger partial charge in [-0.25, -0.2) is 0 Å². The van der Waals surface area contributed by atoms with Crippen molar-refractivity contribution in [1.29, 1.82) is 0 Å². The lowest BCUT2D eigenvalue weighted by atomic mass is 10.00. The number of thiol groups is 1. The zero-order valence-corrected chi connectivity index (χ0v) is 8.31. The van der Waals surface area contributed by atoms with Crippen LogP contribution in [0.2, 0.25) is 0 Å². The molecule has 1 fully saturated rings. The first-order chi connectivity index (χ1) is 4.77. The van der Waals surface area contributed by atoms with Crippen LogP contribution in [0.15, 0.2) is 0 Å². The number of hydrogen-bond acceptors (Lipinski definition) is 2. The summed E-state index contributed by atoms with van der Waals surface area (Å²) >= 11 is 6.71. The lowest BCUT2D eigenvalue weighted by Crippen LogP contribution is -2.20. The maximum absolute atomic E-state index is 4.69. The minimum Gasteiger partial charge on any atom is -0.162 e. The molecule has 0 spiro atoms. The van der Waals surface area contributed by atoms with Crippen molar-refractivity contribution in [2.75, 3.05) is 5.75 Å². The first-order valence-electron chi connectivity index (χ1n) is 4.13. The van der Waals surface area contributed by atoms with Gasteiger partial charge in [0.2, 0.25) is 0 Å². The van der Waals surface area contributed by atoms with Crippen LogP contribution in [0.1, 0.15) is 39.0 Å². The highest BCUT2D eigenvalue weighted by molar-refractivity contribution is 8.11. The maximum atomic E-state index is 4.69. The molecule has 0 unspecified atom stereocenters. The molecule has 2 heteroatoms. The summed E-state index contributed by atoms with van der Waals surface area (Å²) in [5.74, 6) is 1.21. The zero-order valence-electron chi connectivity index (χ0n) is 6.60. The monoisotopic (exact) mass is 176 g/mol. The van der Waals surface area contributed by atoms with E-state index in [0.29, 0.717) is 4.08 Å². The molecule has 0 aromatic carbocycles. The predicted molar refractivity (Wildman–Crippen MR) is 52.9 cm³/mol. The molecule has 10 heavy (non-hydrogen) atoms. The summed E-state index contributed by atoms with van der Waals surface area (Å²) in [4.78, 5) is 0. The fourth-order valence-corrected chi connectivity index (χ4v) is 3.34. The SMILES string of the molecule is CCSC1(S)CCCCC1. The molecule has 0 heterocycles. The number of thioether (sulfide) groups is 1. The Balaban J connectivity index is 2.32. The third-order valence-corrected chi connectivity index (χ3v) is 4.12. The number of hydrogen-bond donors (Lipinski definition) is 1. The van der Waals surface area contributed by atoms with E-state index in [-0.39, 0.29) is 0 Å². The molecule has 0 radical (unpaired) electrons. The van der Waals surface area contributed by atoms with E-state index in [1.54, 1.807) is 0 Å². The molecule has 0 aromatic rings. The Morgan fingerprint density at radius 1 is 1.30 bits per heavy atom. The van der Waals surface area contributed by atoms with Crippen molar-refractivity contribution >= 4 is 24.4 Å². The van der Waals surface area contributed by atoms with Gasteiger partial charge in [0.25, 0.3) is 0 Å². The molecule has 0 aromatic heterocycles. The lowest BCUT2D eigenvalue weighted by molar-refractivity contribution is 0.493. The smallest absolute Gasteiger partial charge is 0.0581 e. The van der Waals surface area contributed by atoms with Crippen molar-refractivity contribution in [2.45, 2.75) is 43.1 Å². The fraction of sp³-hybridized carbons (Fsp3) is 1.00. The van der Waals surface area contributed by atoms with Crippen molar-refractivity contribution in [2.24, 2.45) is 0 Å². The standard InChI is InChI=1S/C8H16S2/c1-2-10-8(9)6-4-3-5-7-8/h9H,2-7H2,1H3. The second-order valence-electron chi connectivity index (χ2n) is 2.94. The van der Waals surface area contributed by atoms with E-state index in [1.165, 1.54) is 37.9 Å². The van der Waals surface area contributed by atoms with Crippen LogP contribution in [-0.2, 0) is 0 Å². The molecule has 0 N–H and O–H groups in total. The minimum absolute atomic E-state index is 0.340. The van der Waals surface area contributed by atoms with Gasteiger partial charge in [0.1, 0.15) is 0 Å². The third kappa shape index (κ3) is 2.39. The number of rotatable bonds is 2. The first-order valence-corrected chi connectivity index (χ1v) is 5.56. The molecule has 0 aliphatic heterocycles. The highest BCUT2D eigenvalue weighted by Gasteiger charge is 2.27. The molecule has 0 nitrogen and oxygen atoms in total. The van der Waals surface area contributed by atoms with Gasteiger partial charge in [0.15, 0.2) is 0 Å². The van der Waals surface area contributed by atoms with E-state index in [9.17, 15) is 0 Å². The van der Waals surface area contributed by atoms with Crippen molar-refractivity contribution in [1.82, 2.24) is 0 Å². The summed E-state index contributed by atoms with van der Waals surface area (Å²) < 4.78 is 0.340. The average Bonchev–Trinajstić information content (AvgIpc) is 1.89.